The van der Waals surface area contributed by atoms with Gasteiger partial charge in [0.25, 0.3) is 0 Å². The zero-order valence-electron chi connectivity index (χ0n) is 15.3. The van der Waals surface area contributed by atoms with Crippen LogP contribution in [0.1, 0.15) is 12.5 Å². The normalized spacial score (nSPS) is 12.6. The Morgan fingerprint density at radius 3 is 2.39 bits per heavy atom. The van der Waals surface area contributed by atoms with E-state index in [0.29, 0.717) is 15.8 Å². The van der Waals surface area contributed by atoms with Gasteiger partial charge < -0.3 is 4.74 Å². The first kappa shape index (κ1) is 20.3. The van der Waals surface area contributed by atoms with Crippen molar-refractivity contribution in [2.75, 3.05) is 6.61 Å². The molecular weight excluding hydrogens is 398 g/mol. The molecule has 5 nitrogen and oxygen atoms in total. The van der Waals surface area contributed by atoms with E-state index in [4.69, 9.17) is 16.3 Å². The predicted molar refractivity (Wildman–Crippen MR) is 110 cm³/mol. The molecule has 0 spiro atoms. The monoisotopic (exact) mass is 417 g/mol. The minimum absolute atomic E-state index is 0.0259. The van der Waals surface area contributed by atoms with Crippen LogP contribution in [0.3, 0.4) is 0 Å². The van der Waals surface area contributed by atoms with Crippen molar-refractivity contribution in [3.8, 4) is 0 Å². The predicted octanol–water partition coefficient (Wildman–Crippen LogP) is 3.95. The molecule has 1 N–H and O–H groups in total. The van der Waals surface area contributed by atoms with E-state index < -0.39 is 22.0 Å². The summed E-state index contributed by atoms with van der Waals surface area (Å²) in [6, 6.07) is 18.2. The molecule has 0 amide bonds. The quantitative estimate of drug-likeness (QED) is 0.591. The molecule has 0 heterocycles. The number of ether oxygens (including phenoxy) is 1. The molecule has 3 aromatic rings. The fourth-order valence-electron chi connectivity index (χ4n) is 3.00. The number of hydrogen-bond acceptors (Lipinski definition) is 4. The molecule has 0 radical (unpaired) electrons. The standard InChI is InChI=1S/C21H20ClNO4S/c1-2-27-21(24)18(14-15-8-4-3-5-9-15)23-28(25,26)19-13-7-11-16-10-6-12-17(22)20(16)19/h3-13,18,23H,2,14H2,1H3. The van der Waals surface area contributed by atoms with E-state index >= 15 is 0 Å². The first-order valence-electron chi connectivity index (χ1n) is 8.82. The van der Waals surface area contributed by atoms with E-state index in [1.807, 2.05) is 30.3 Å². The molecule has 0 saturated carbocycles. The summed E-state index contributed by atoms with van der Waals surface area (Å²) < 4.78 is 33.8. The molecule has 0 aliphatic rings. The second-order valence-corrected chi connectivity index (χ2v) is 8.30. The molecule has 0 fully saturated rings. The van der Waals surface area contributed by atoms with Crippen molar-refractivity contribution in [3.05, 3.63) is 77.3 Å². The van der Waals surface area contributed by atoms with E-state index in [-0.39, 0.29) is 17.9 Å². The van der Waals surface area contributed by atoms with Crippen molar-refractivity contribution in [1.82, 2.24) is 4.72 Å². The molecule has 28 heavy (non-hydrogen) atoms. The molecule has 3 rings (SSSR count). The summed E-state index contributed by atoms with van der Waals surface area (Å²) in [7, 11) is -4.03. The van der Waals surface area contributed by atoms with Gasteiger partial charge in [-0.2, -0.15) is 4.72 Å². The van der Waals surface area contributed by atoms with Crippen molar-refractivity contribution in [3.63, 3.8) is 0 Å². The van der Waals surface area contributed by atoms with Crippen LogP contribution in [0.5, 0.6) is 0 Å². The molecule has 146 valence electrons. The summed E-state index contributed by atoms with van der Waals surface area (Å²) in [5.74, 6) is -0.624. The van der Waals surface area contributed by atoms with Crippen molar-refractivity contribution in [2.45, 2.75) is 24.3 Å². The maximum absolute atomic E-state index is 13.1. The Kier molecular flexibility index (Phi) is 6.34. The van der Waals surface area contributed by atoms with E-state index in [0.717, 1.165) is 5.56 Å². The van der Waals surface area contributed by atoms with E-state index in [2.05, 4.69) is 4.72 Å². The zero-order valence-corrected chi connectivity index (χ0v) is 16.8. The lowest BCUT2D eigenvalue weighted by atomic mass is 10.1. The highest BCUT2D eigenvalue weighted by Gasteiger charge is 2.28. The smallest absolute Gasteiger partial charge is 0.324 e. The zero-order chi connectivity index (χ0) is 20.1. The third-order valence-electron chi connectivity index (χ3n) is 4.26. The number of rotatable bonds is 7. The van der Waals surface area contributed by atoms with Crippen molar-refractivity contribution >= 4 is 38.4 Å². The number of nitrogens with one attached hydrogen (secondary N) is 1. The summed E-state index contributed by atoms with van der Waals surface area (Å²) in [4.78, 5) is 12.4. The Labute approximate surface area is 169 Å². The van der Waals surface area contributed by atoms with Gasteiger partial charge >= 0.3 is 5.97 Å². The lowest BCUT2D eigenvalue weighted by Gasteiger charge is -2.18. The van der Waals surface area contributed by atoms with Gasteiger partial charge in [0.1, 0.15) is 6.04 Å². The van der Waals surface area contributed by atoms with Crippen molar-refractivity contribution < 1.29 is 17.9 Å². The molecule has 1 unspecified atom stereocenters. The lowest BCUT2D eigenvalue weighted by molar-refractivity contribution is -0.145. The highest BCUT2D eigenvalue weighted by molar-refractivity contribution is 7.89. The summed E-state index contributed by atoms with van der Waals surface area (Å²) in [5.41, 5.74) is 0.819. The number of carbonyl (C=O) groups is 1. The summed E-state index contributed by atoms with van der Waals surface area (Å²) in [5, 5.41) is 1.45. The number of benzene rings is 3. The van der Waals surface area contributed by atoms with E-state index in [9.17, 15) is 13.2 Å². The fourth-order valence-corrected chi connectivity index (χ4v) is 4.78. The molecule has 0 aliphatic carbocycles. The maximum atomic E-state index is 13.1. The number of sulfonamides is 1. The Morgan fingerprint density at radius 1 is 1.04 bits per heavy atom. The van der Waals surface area contributed by atoms with Gasteiger partial charge in [0.05, 0.1) is 11.5 Å². The third kappa shape index (κ3) is 4.52. The number of halogens is 1. The van der Waals surface area contributed by atoms with Gasteiger partial charge in [-0.3, -0.25) is 4.79 Å². The van der Waals surface area contributed by atoms with Crippen LogP contribution >= 0.6 is 11.6 Å². The van der Waals surface area contributed by atoms with E-state index in [1.165, 1.54) is 6.07 Å². The van der Waals surface area contributed by atoms with E-state index in [1.54, 1.807) is 37.3 Å². The van der Waals surface area contributed by atoms with Gasteiger partial charge in [-0.1, -0.05) is 66.2 Å². The summed E-state index contributed by atoms with van der Waals surface area (Å²) in [6.07, 6.45) is 0.178. The molecule has 7 heteroatoms. The molecule has 0 aromatic heterocycles. The number of carbonyl (C=O) groups excluding carboxylic acids is 1. The fraction of sp³-hybridized carbons (Fsp3) is 0.190. The molecule has 0 saturated heterocycles. The molecule has 0 bridgehead atoms. The Hall–Kier alpha value is -2.41. The summed E-state index contributed by atoms with van der Waals surface area (Å²) in [6.45, 7) is 1.84. The van der Waals surface area contributed by atoms with Crippen LogP contribution in [0.25, 0.3) is 10.8 Å². The van der Waals surface area contributed by atoms with Crippen molar-refractivity contribution in [1.29, 1.82) is 0 Å². The summed E-state index contributed by atoms with van der Waals surface area (Å²) >= 11 is 6.26. The minimum Gasteiger partial charge on any atom is -0.465 e. The Morgan fingerprint density at radius 2 is 1.71 bits per heavy atom. The average Bonchev–Trinajstić information content (AvgIpc) is 2.68. The number of esters is 1. The van der Waals surface area contributed by atoms with Gasteiger partial charge in [-0.25, -0.2) is 8.42 Å². The second kappa shape index (κ2) is 8.73. The van der Waals surface area contributed by atoms with Crippen LogP contribution < -0.4 is 4.72 Å². The first-order chi connectivity index (χ1) is 13.4. The Bertz CT molecular complexity index is 1080. The van der Waals surface area contributed by atoms with Crippen LogP contribution in [0.4, 0.5) is 0 Å². The molecule has 1 atom stereocenters. The van der Waals surface area contributed by atoms with Gasteiger partial charge in [-0.15, -0.1) is 0 Å². The highest BCUT2D eigenvalue weighted by atomic mass is 35.5. The van der Waals surface area contributed by atoms with Crippen LogP contribution in [-0.2, 0) is 26.0 Å². The van der Waals surface area contributed by atoms with Gasteiger partial charge in [0.15, 0.2) is 0 Å². The lowest BCUT2D eigenvalue weighted by Crippen LogP contribution is -2.43. The van der Waals surface area contributed by atoms with Crippen LogP contribution in [-0.4, -0.2) is 27.0 Å². The maximum Gasteiger partial charge on any atom is 0.324 e. The molecule has 3 aromatic carbocycles. The molecule has 0 aliphatic heterocycles. The molecular formula is C21H20ClNO4S. The van der Waals surface area contributed by atoms with Crippen LogP contribution in [0, 0.1) is 0 Å². The minimum atomic E-state index is -4.03. The van der Waals surface area contributed by atoms with Crippen LogP contribution in [0.15, 0.2) is 71.6 Å². The average molecular weight is 418 g/mol. The highest BCUT2D eigenvalue weighted by Crippen LogP contribution is 2.30. The number of fused-ring (bicyclic) bond motifs is 1. The second-order valence-electron chi connectivity index (χ2n) is 6.21. The topological polar surface area (TPSA) is 72.5 Å². The number of hydrogen-bond donors (Lipinski definition) is 1. The SMILES string of the molecule is CCOC(=O)C(Cc1ccccc1)NS(=O)(=O)c1cccc2cccc(Cl)c12. The van der Waals surface area contributed by atoms with Crippen molar-refractivity contribution in [2.24, 2.45) is 0 Å². The Balaban J connectivity index is 1.99. The van der Waals surface area contributed by atoms with Gasteiger partial charge in [0.2, 0.25) is 10.0 Å². The van der Waals surface area contributed by atoms with Crippen LogP contribution in [0.2, 0.25) is 5.02 Å². The van der Waals surface area contributed by atoms with Gasteiger partial charge in [-0.05, 0) is 36.4 Å². The first-order valence-corrected chi connectivity index (χ1v) is 10.7. The third-order valence-corrected chi connectivity index (χ3v) is 6.09. The largest absolute Gasteiger partial charge is 0.465 e. The van der Waals surface area contributed by atoms with Gasteiger partial charge in [0, 0.05) is 10.4 Å².